The Bertz CT molecular complexity index is 804. The first-order valence-electron chi connectivity index (χ1n) is 8.91. The molecule has 4 nitrogen and oxygen atoms in total. The topological polar surface area (TPSA) is 69.6 Å². The Balaban J connectivity index is 0.000000890. The van der Waals surface area contributed by atoms with Crippen molar-refractivity contribution in [3.63, 3.8) is 0 Å². The molecular weight excluding hydrogens is 501 g/mol. The van der Waals surface area contributed by atoms with Gasteiger partial charge in [0.25, 0.3) is 0 Å². The third-order valence-electron chi connectivity index (χ3n) is 4.51. The SMILES string of the molecule is CSC(=Nc1c(Cl)cccc1Cl)[P+](C(C)C)(C(C)C)C(C)C.O=S(=O)([O-])C(F)(F)F. The van der Waals surface area contributed by atoms with E-state index in [1.54, 1.807) is 11.8 Å². The van der Waals surface area contributed by atoms with Gasteiger partial charge in [0.1, 0.15) is 5.69 Å². The predicted molar refractivity (Wildman–Crippen MR) is 125 cm³/mol. The maximum Gasteiger partial charge on any atom is 0.485 e. The summed E-state index contributed by atoms with van der Waals surface area (Å²) in [5, 5.41) is 1.24. The Hall–Kier alpha value is -0.0500. The molecule has 0 unspecified atom stereocenters. The summed E-state index contributed by atoms with van der Waals surface area (Å²) in [5.74, 6) is 0. The van der Waals surface area contributed by atoms with Gasteiger partial charge >= 0.3 is 5.51 Å². The molecule has 0 heterocycles. The number of hydrogen-bond donors (Lipinski definition) is 0. The Morgan fingerprint density at radius 3 is 1.60 bits per heavy atom. The molecule has 0 fully saturated rings. The van der Waals surface area contributed by atoms with Crippen LogP contribution in [-0.4, -0.2) is 46.5 Å². The van der Waals surface area contributed by atoms with E-state index < -0.39 is 22.9 Å². The number of halogens is 5. The average Bonchev–Trinajstić information content (AvgIpc) is 2.54. The van der Waals surface area contributed by atoms with Crippen molar-refractivity contribution in [1.82, 2.24) is 0 Å². The number of thioether (sulfide) groups is 1. The highest BCUT2D eigenvalue weighted by Gasteiger charge is 2.52. The van der Waals surface area contributed by atoms with E-state index in [4.69, 9.17) is 41.2 Å². The second-order valence-corrected chi connectivity index (χ2v) is 15.7. The van der Waals surface area contributed by atoms with Gasteiger partial charge < -0.3 is 4.55 Å². The molecule has 0 saturated carbocycles. The molecule has 1 aromatic carbocycles. The van der Waals surface area contributed by atoms with Gasteiger partial charge in [-0.1, -0.05) is 41.0 Å². The van der Waals surface area contributed by atoms with E-state index in [0.29, 0.717) is 32.7 Å². The first kappa shape index (κ1) is 29.9. The summed E-state index contributed by atoms with van der Waals surface area (Å²) < 4.78 is 58.9. The van der Waals surface area contributed by atoms with Gasteiger partial charge in [-0.15, -0.1) is 0 Å². The average molecular weight is 528 g/mol. The molecule has 0 atom stereocenters. The van der Waals surface area contributed by atoms with Crippen molar-refractivity contribution >= 4 is 62.8 Å². The molecule has 1 aromatic rings. The van der Waals surface area contributed by atoms with Gasteiger partial charge in [-0.05, 0) is 59.9 Å². The third kappa shape index (κ3) is 7.24. The molecule has 0 aliphatic rings. The van der Waals surface area contributed by atoms with E-state index in [0.717, 1.165) is 0 Å². The second-order valence-electron chi connectivity index (χ2n) is 7.18. The minimum absolute atomic E-state index is 0.583. The van der Waals surface area contributed by atoms with Crippen molar-refractivity contribution in [3.05, 3.63) is 28.2 Å². The fraction of sp³-hybridized carbons (Fsp3) is 0.611. The number of aliphatic imine (C=N–C) groups is 1. The maximum absolute atomic E-state index is 10.7. The third-order valence-corrected chi connectivity index (χ3v) is 13.5. The van der Waals surface area contributed by atoms with Crippen LogP contribution in [0.15, 0.2) is 23.2 Å². The van der Waals surface area contributed by atoms with Crippen molar-refractivity contribution < 1.29 is 26.1 Å². The number of nitrogens with zero attached hydrogens (tertiary/aromatic N) is 1. The van der Waals surface area contributed by atoms with Crippen LogP contribution >= 0.6 is 42.2 Å². The first-order chi connectivity index (χ1) is 13.4. The highest BCUT2D eigenvalue weighted by Crippen LogP contribution is 2.73. The van der Waals surface area contributed by atoms with Crippen LogP contribution in [0.4, 0.5) is 18.9 Å². The lowest BCUT2D eigenvalue weighted by Gasteiger charge is -2.37. The standard InChI is InChI=1S/C17H27Cl2NPS.CHF3O3S/c1-11(2)21(12(3)4,13(5)6)17(22-7)20-16-14(18)9-8-10-15(16)19;2-1(3,4)8(5,6)7/h8-13H,1-7H3;(H,5,6,7)/q+1;/p-1. The minimum atomic E-state index is -6.09. The lowest BCUT2D eigenvalue weighted by Crippen LogP contribution is -2.28. The molecule has 0 aliphatic heterocycles. The van der Waals surface area contributed by atoms with Crippen LogP contribution in [0.25, 0.3) is 0 Å². The molecule has 0 spiro atoms. The molecule has 0 aliphatic carbocycles. The molecule has 12 heteroatoms. The zero-order valence-corrected chi connectivity index (χ0v) is 21.8. The smallest absolute Gasteiger partial charge is 0.485 e. The summed E-state index contributed by atoms with van der Waals surface area (Å²) in [6.07, 6.45) is 2.12. The van der Waals surface area contributed by atoms with E-state index >= 15 is 0 Å². The number of para-hydroxylation sites is 1. The van der Waals surface area contributed by atoms with Crippen molar-refractivity contribution in [1.29, 1.82) is 0 Å². The van der Waals surface area contributed by atoms with Crippen molar-refractivity contribution in [2.24, 2.45) is 4.99 Å². The Labute approximate surface area is 192 Å². The summed E-state index contributed by atoms with van der Waals surface area (Å²) in [7, 11) is -7.52. The van der Waals surface area contributed by atoms with Crippen LogP contribution in [0.2, 0.25) is 10.0 Å². The van der Waals surface area contributed by atoms with Crippen LogP contribution in [0.3, 0.4) is 0 Å². The number of benzene rings is 1. The predicted octanol–water partition coefficient (Wildman–Crippen LogP) is 7.64. The molecule has 0 bridgehead atoms. The van der Waals surface area contributed by atoms with Crippen LogP contribution in [0, 0.1) is 0 Å². The molecule has 30 heavy (non-hydrogen) atoms. The maximum atomic E-state index is 10.7. The fourth-order valence-electron chi connectivity index (χ4n) is 3.43. The van der Waals surface area contributed by atoms with Crippen LogP contribution in [-0.2, 0) is 10.1 Å². The van der Waals surface area contributed by atoms with Gasteiger partial charge in [0.2, 0.25) is 4.78 Å². The Morgan fingerprint density at radius 2 is 1.37 bits per heavy atom. The Kier molecular flexibility index (Phi) is 11.7. The second kappa shape index (κ2) is 11.7. The zero-order chi connectivity index (χ0) is 24.1. The zero-order valence-electron chi connectivity index (χ0n) is 17.8. The van der Waals surface area contributed by atoms with E-state index in [-0.39, 0.29) is 0 Å². The van der Waals surface area contributed by atoms with Crippen molar-refractivity contribution in [3.8, 4) is 0 Å². The van der Waals surface area contributed by atoms with Gasteiger partial charge in [-0.25, -0.2) is 13.4 Å². The first-order valence-corrected chi connectivity index (χ1v) is 14.3. The van der Waals surface area contributed by atoms with Crippen LogP contribution < -0.4 is 0 Å². The summed E-state index contributed by atoms with van der Waals surface area (Å²) >= 11 is 14.4. The number of rotatable bonds is 5. The highest BCUT2D eigenvalue weighted by atomic mass is 35.5. The lowest BCUT2D eigenvalue weighted by molar-refractivity contribution is -0.0517. The van der Waals surface area contributed by atoms with E-state index in [1.165, 1.54) is 4.78 Å². The molecule has 174 valence electrons. The number of alkyl halides is 3. The molecule has 0 aromatic heterocycles. The van der Waals surface area contributed by atoms with Crippen LogP contribution in [0.5, 0.6) is 0 Å². The molecular formula is C18H27Cl2F3NO3PS2. The van der Waals surface area contributed by atoms with Gasteiger partial charge in [-0.3, -0.25) is 0 Å². The molecule has 0 amide bonds. The van der Waals surface area contributed by atoms with Gasteiger partial charge in [0.05, 0.1) is 34.3 Å². The van der Waals surface area contributed by atoms with Crippen molar-refractivity contribution in [2.75, 3.05) is 6.26 Å². The van der Waals surface area contributed by atoms with E-state index in [1.807, 2.05) is 18.2 Å². The number of hydrogen-bond acceptors (Lipinski definition) is 5. The largest absolute Gasteiger partial charge is 0.741 e. The monoisotopic (exact) mass is 527 g/mol. The normalized spacial score (nSPS) is 13.7. The Morgan fingerprint density at radius 1 is 1.03 bits per heavy atom. The fourth-order valence-corrected chi connectivity index (χ4v) is 12.4. The van der Waals surface area contributed by atoms with Gasteiger partial charge in [0, 0.05) is 0 Å². The minimum Gasteiger partial charge on any atom is -0.741 e. The summed E-state index contributed by atoms with van der Waals surface area (Å²) in [5.41, 5.74) is -3.19. The lowest BCUT2D eigenvalue weighted by atomic mass is 10.3. The molecule has 0 saturated heterocycles. The molecule has 1 rings (SSSR count). The van der Waals surface area contributed by atoms with Gasteiger partial charge in [-0.2, -0.15) is 13.2 Å². The summed E-state index contributed by atoms with van der Waals surface area (Å²) in [4.78, 5) is 6.20. The summed E-state index contributed by atoms with van der Waals surface area (Å²) in [6, 6.07) is 5.56. The molecule has 0 N–H and O–H groups in total. The molecule has 0 radical (unpaired) electrons. The van der Waals surface area contributed by atoms with E-state index in [9.17, 15) is 13.2 Å². The summed E-state index contributed by atoms with van der Waals surface area (Å²) in [6.45, 7) is 14.0. The quantitative estimate of drug-likeness (QED) is 0.130. The van der Waals surface area contributed by atoms with Crippen molar-refractivity contribution in [2.45, 2.75) is 64.0 Å². The highest BCUT2D eigenvalue weighted by molar-refractivity contribution is 8.29. The van der Waals surface area contributed by atoms with Crippen LogP contribution in [0.1, 0.15) is 41.5 Å². The van der Waals surface area contributed by atoms with Gasteiger partial charge in [0.15, 0.2) is 10.1 Å². The van der Waals surface area contributed by atoms with E-state index in [2.05, 4.69) is 47.8 Å².